The summed E-state index contributed by atoms with van der Waals surface area (Å²) in [5.74, 6) is -1.27. The minimum absolute atomic E-state index is 0.176. The van der Waals surface area contributed by atoms with Gasteiger partial charge in [-0.15, -0.1) is 0 Å². The van der Waals surface area contributed by atoms with Gasteiger partial charge in [-0.2, -0.15) is 0 Å². The van der Waals surface area contributed by atoms with Crippen LogP contribution in [0.15, 0.2) is 36.9 Å². The van der Waals surface area contributed by atoms with E-state index in [0.29, 0.717) is 6.61 Å². The summed E-state index contributed by atoms with van der Waals surface area (Å²) < 4.78 is 4.67. The highest BCUT2D eigenvalue weighted by Crippen LogP contribution is 1.88. The SMILES string of the molecule is C=C(C)C(=O)O.C=CC(=O)OCCCC.C=CCl. The molecule has 0 rings (SSSR count). The number of hydrogen-bond acceptors (Lipinski definition) is 3. The lowest BCUT2D eigenvalue weighted by molar-refractivity contribution is -0.138. The van der Waals surface area contributed by atoms with Gasteiger partial charge < -0.3 is 9.84 Å². The second-order valence-electron chi connectivity index (χ2n) is 2.96. The standard InChI is InChI=1S/C7H12O2.C4H6O2.C2H3Cl/c1-3-5-6-9-7(8)4-2;1-3(2)4(5)6;1-2-3/h4H,2-3,5-6H2,1H3;1H2,2H3,(H,5,6);2H,1H2. The number of carboxylic acid groups (broad SMARTS) is 1. The Bertz CT molecular complexity index is 260. The topological polar surface area (TPSA) is 63.6 Å². The summed E-state index contributed by atoms with van der Waals surface area (Å²) in [6, 6.07) is 0. The van der Waals surface area contributed by atoms with Crippen LogP contribution in [-0.2, 0) is 14.3 Å². The molecule has 5 heteroatoms. The predicted molar refractivity (Wildman–Crippen MR) is 74.6 cm³/mol. The van der Waals surface area contributed by atoms with E-state index < -0.39 is 5.97 Å². The van der Waals surface area contributed by atoms with E-state index in [1.54, 1.807) is 0 Å². The first-order chi connectivity index (χ1) is 8.37. The summed E-state index contributed by atoms with van der Waals surface area (Å²) in [7, 11) is 0. The molecule has 0 radical (unpaired) electrons. The van der Waals surface area contributed by atoms with Gasteiger partial charge in [-0.25, -0.2) is 9.59 Å². The molecule has 0 aliphatic rings. The minimum Gasteiger partial charge on any atom is -0.478 e. The number of carboxylic acids is 1. The van der Waals surface area contributed by atoms with E-state index in [1.165, 1.54) is 18.5 Å². The van der Waals surface area contributed by atoms with E-state index in [4.69, 9.17) is 16.7 Å². The van der Waals surface area contributed by atoms with E-state index in [2.05, 4.69) is 24.5 Å². The number of carbonyl (C=O) groups is 2. The van der Waals surface area contributed by atoms with Crippen LogP contribution in [0.4, 0.5) is 0 Å². The molecule has 0 aliphatic heterocycles. The van der Waals surface area contributed by atoms with Gasteiger partial charge in [0.15, 0.2) is 0 Å². The monoisotopic (exact) mass is 276 g/mol. The van der Waals surface area contributed by atoms with Gasteiger partial charge in [-0.3, -0.25) is 0 Å². The van der Waals surface area contributed by atoms with Gasteiger partial charge in [0.1, 0.15) is 0 Å². The van der Waals surface area contributed by atoms with Crippen molar-refractivity contribution in [3.63, 3.8) is 0 Å². The van der Waals surface area contributed by atoms with Crippen molar-refractivity contribution in [1.29, 1.82) is 0 Å². The summed E-state index contributed by atoms with van der Waals surface area (Å²) in [6.07, 6.45) is 3.15. The second kappa shape index (κ2) is 17.8. The van der Waals surface area contributed by atoms with Gasteiger partial charge in [-0.1, -0.05) is 44.7 Å². The predicted octanol–water partition coefficient (Wildman–Crippen LogP) is 3.53. The average Bonchev–Trinajstić information content (AvgIpc) is 2.30. The van der Waals surface area contributed by atoms with E-state index in [0.717, 1.165) is 12.8 Å². The molecule has 0 aromatic heterocycles. The van der Waals surface area contributed by atoms with Crippen molar-refractivity contribution >= 4 is 23.5 Å². The van der Waals surface area contributed by atoms with E-state index in [9.17, 15) is 9.59 Å². The Morgan fingerprint density at radius 1 is 1.39 bits per heavy atom. The zero-order valence-corrected chi connectivity index (χ0v) is 11.7. The fourth-order valence-corrected chi connectivity index (χ4v) is 0.376. The van der Waals surface area contributed by atoms with Crippen LogP contribution in [0.2, 0.25) is 0 Å². The first kappa shape index (κ1) is 21.7. The highest BCUT2D eigenvalue weighted by Gasteiger charge is 1.91. The number of rotatable bonds is 5. The molecule has 0 fully saturated rings. The lowest BCUT2D eigenvalue weighted by atomic mass is 10.4. The van der Waals surface area contributed by atoms with E-state index in [-0.39, 0.29) is 11.5 Å². The molecule has 18 heavy (non-hydrogen) atoms. The molecule has 0 saturated carbocycles. The average molecular weight is 277 g/mol. The molecule has 1 N–H and O–H groups in total. The van der Waals surface area contributed by atoms with Crippen LogP contribution >= 0.6 is 11.6 Å². The van der Waals surface area contributed by atoms with Gasteiger partial charge >= 0.3 is 11.9 Å². The summed E-state index contributed by atoms with van der Waals surface area (Å²) in [5.41, 5.74) is 1.40. The van der Waals surface area contributed by atoms with Crippen molar-refractivity contribution < 1.29 is 19.4 Å². The number of aliphatic carboxylic acids is 1. The number of ether oxygens (including phenoxy) is 1. The van der Waals surface area contributed by atoms with Gasteiger partial charge in [0.25, 0.3) is 0 Å². The minimum atomic E-state index is -0.935. The van der Waals surface area contributed by atoms with Crippen LogP contribution < -0.4 is 0 Å². The fourth-order valence-electron chi connectivity index (χ4n) is 0.376. The first-order valence-electron chi connectivity index (χ1n) is 5.26. The molecule has 0 bridgehead atoms. The van der Waals surface area contributed by atoms with Crippen molar-refractivity contribution in [3.8, 4) is 0 Å². The van der Waals surface area contributed by atoms with Crippen LogP contribution in [0.5, 0.6) is 0 Å². The maximum absolute atomic E-state index is 10.3. The largest absolute Gasteiger partial charge is 0.478 e. The van der Waals surface area contributed by atoms with Crippen molar-refractivity contribution in [3.05, 3.63) is 36.9 Å². The third-order valence-corrected chi connectivity index (χ3v) is 1.27. The molecular formula is C13H21ClO4. The van der Waals surface area contributed by atoms with Crippen LogP contribution in [0, 0.1) is 0 Å². The van der Waals surface area contributed by atoms with Crippen molar-refractivity contribution in [2.45, 2.75) is 26.7 Å². The lowest BCUT2D eigenvalue weighted by Crippen LogP contribution is -2.00. The first-order valence-corrected chi connectivity index (χ1v) is 5.70. The molecule has 0 spiro atoms. The van der Waals surface area contributed by atoms with Gasteiger partial charge in [0.05, 0.1) is 6.61 Å². The molecule has 0 heterocycles. The van der Waals surface area contributed by atoms with Gasteiger partial charge in [-0.05, 0) is 18.9 Å². The maximum Gasteiger partial charge on any atom is 0.330 e. The summed E-state index contributed by atoms with van der Waals surface area (Å²) in [6.45, 7) is 13.6. The molecule has 0 aliphatic carbocycles. The Labute approximate surface area is 114 Å². The number of esters is 1. The molecule has 104 valence electrons. The van der Waals surface area contributed by atoms with Crippen molar-refractivity contribution in [2.75, 3.05) is 6.61 Å². The van der Waals surface area contributed by atoms with Crippen LogP contribution in [-0.4, -0.2) is 23.7 Å². The fraction of sp³-hybridized carbons (Fsp3) is 0.385. The highest BCUT2D eigenvalue weighted by atomic mass is 35.5. The van der Waals surface area contributed by atoms with Gasteiger partial charge in [0.2, 0.25) is 0 Å². The number of hydrogen-bond donors (Lipinski definition) is 1. The lowest BCUT2D eigenvalue weighted by Gasteiger charge is -1.97. The summed E-state index contributed by atoms with van der Waals surface area (Å²) in [4.78, 5) is 19.9. The third-order valence-electron chi connectivity index (χ3n) is 1.27. The number of unbranched alkanes of at least 4 members (excludes halogenated alkanes) is 1. The maximum atomic E-state index is 10.3. The Morgan fingerprint density at radius 2 is 1.78 bits per heavy atom. The molecule has 0 saturated heterocycles. The third kappa shape index (κ3) is 29.3. The van der Waals surface area contributed by atoms with Crippen molar-refractivity contribution in [1.82, 2.24) is 0 Å². The molecule has 0 aromatic rings. The van der Waals surface area contributed by atoms with Crippen LogP contribution in [0.25, 0.3) is 0 Å². The quantitative estimate of drug-likeness (QED) is 0.474. The Kier molecular flexibility index (Phi) is 21.5. The number of halogens is 1. The molecule has 0 atom stereocenters. The van der Waals surface area contributed by atoms with Crippen LogP contribution in [0.3, 0.4) is 0 Å². The van der Waals surface area contributed by atoms with Gasteiger partial charge in [0, 0.05) is 11.6 Å². The van der Waals surface area contributed by atoms with E-state index in [1.807, 2.05) is 6.92 Å². The summed E-state index contributed by atoms with van der Waals surface area (Å²) in [5, 5.41) is 7.89. The number of carbonyl (C=O) groups excluding carboxylic acids is 1. The molecule has 4 nitrogen and oxygen atoms in total. The van der Waals surface area contributed by atoms with Crippen molar-refractivity contribution in [2.24, 2.45) is 0 Å². The van der Waals surface area contributed by atoms with E-state index >= 15 is 0 Å². The molecule has 0 aromatic carbocycles. The molecule has 0 unspecified atom stereocenters. The Hall–Kier alpha value is -1.55. The molecule has 0 amide bonds. The Balaban J connectivity index is -0.000000216. The highest BCUT2D eigenvalue weighted by molar-refractivity contribution is 6.25. The summed E-state index contributed by atoms with van der Waals surface area (Å²) >= 11 is 4.76. The Morgan fingerprint density at radius 3 is 2.00 bits per heavy atom. The smallest absolute Gasteiger partial charge is 0.330 e. The normalized spacial score (nSPS) is 7.50. The zero-order valence-electron chi connectivity index (χ0n) is 10.9. The molecular weight excluding hydrogens is 256 g/mol. The second-order valence-corrected chi connectivity index (χ2v) is 3.27. The van der Waals surface area contributed by atoms with Crippen LogP contribution in [0.1, 0.15) is 26.7 Å². The zero-order chi connectivity index (χ0) is 15.0.